The fourth-order valence-corrected chi connectivity index (χ4v) is 2.15. The van der Waals surface area contributed by atoms with Gasteiger partial charge in [0, 0.05) is 4.90 Å². The molecule has 2 rings (SSSR count). The quantitative estimate of drug-likeness (QED) is 0.467. The first-order chi connectivity index (χ1) is 9.72. The Labute approximate surface area is 122 Å². The molecule has 0 saturated carbocycles. The van der Waals surface area contributed by atoms with Gasteiger partial charge in [0.2, 0.25) is 0 Å². The number of thioether (sulfide) groups is 1. The second-order valence-electron chi connectivity index (χ2n) is 4.04. The van der Waals surface area contributed by atoms with Gasteiger partial charge in [0.05, 0.1) is 6.61 Å². The maximum Gasteiger partial charge on any atom is 0.513 e. The van der Waals surface area contributed by atoms with Gasteiger partial charge in [0.15, 0.2) is 0 Å². The average molecular weight is 288 g/mol. The minimum Gasteiger partial charge on any atom is -0.434 e. The third-order valence-electron chi connectivity index (χ3n) is 2.74. The van der Waals surface area contributed by atoms with E-state index in [2.05, 4.69) is 30.5 Å². The van der Waals surface area contributed by atoms with E-state index in [1.807, 2.05) is 12.1 Å². The van der Waals surface area contributed by atoms with Gasteiger partial charge in [0.25, 0.3) is 0 Å². The zero-order chi connectivity index (χ0) is 14.4. The molecule has 4 heteroatoms. The second-order valence-corrected chi connectivity index (χ2v) is 4.92. The molecular weight excluding hydrogens is 272 g/mol. The van der Waals surface area contributed by atoms with Crippen LogP contribution in [-0.4, -0.2) is 19.0 Å². The number of hydrogen-bond acceptors (Lipinski definition) is 4. The number of ether oxygens (including phenoxy) is 2. The summed E-state index contributed by atoms with van der Waals surface area (Å²) in [5, 5.41) is 0. The van der Waals surface area contributed by atoms with E-state index in [9.17, 15) is 4.79 Å². The van der Waals surface area contributed by atoms with E-state index in [4.69, 9.17) is 9.47 Å². The monoisotopic (exact) mass is 288 g/mol. The van der Waals surface area contributed by atoms with Crippen molar-refractivity contribution in [3.05, 3.63) is 48.5 Å². The van der Waals surface area contributed by atoms with Gasteiger partial charge in [-0.3, -0.25) is 0 Å². The van der Waals surface area contributed by atoms with Gasteiger partial charge >= 0.3 is 6.16 Å². The summed E-state index contributed by atoms with van der Waals surface area (Å²) in [4.78, 5) is 12.4. The number of benzene rings is 2. The molecule has 0 aliphatic heterocycles. The lowest BCUT2D eigenvalue weighted by Crippen LogP contribution is -2.09. The Morgan fingerprint density at radius 1 is 1.00 bits per heavy atom. The standard InChI is InChI=1S/C16H16O3S/c1-3-18-16(17)19-14-8-4-12(5-9-14)13-6-10-15(20-2)11-7-13/h4-11H,3H2,1-2H3. The molecule has 0 atom stereocenters. The minimum absolute atomic E-state index is 0.304. The van der Waals surface area contributed by atoms with Crippen LogP contribution in [0.3, 0.4) is 0 Å². The lowest BCUT2D eigenvalue weighted by molar-refractivity contribution is 0.104. The highest BCUT2D eigenvalue weighted by Crippen LogP contribution is 2.25. The van der Waals surface area contributed by atoms with Crippen molar-refractivity contribution in [3.63, 3.8) is 0 Å². The number of carbonyl (C=O) groups excluding carboxylic acids is 1. The molecule has 0 bridgehead atoms. The van der Waals surface area contributed by atoms with Gasteiger partial charge in [0.1, 0.15) is 5.75 Å². The van der Waals surface area contributed by atoms with E-state index < -0.39 is 6.16 Å². The summed E-state index contributed by atoms with van der Waals surface area (Å²) >= 11 is 1.72. The molecule has 0 aliphatic carbocycles. The molecule has 0 heterocycles. The summed E-state index contributed by atoms with van der Waals surface area (Å²) in [5.74, 6) is 0.480. The first kappa shape index (κ1) is 14.5. The van der Waals surface area contributed by atoms with Crippen molar-refractivity contribution in [2.75, 3.05) is 12.9 Å². The fraction of sp³-hybridized carbons (Fsp3) is 0.188. The van der Waals surface area contributed by atoms with Gasteiger partial charge < -0.3 is 9.47 Å². The van der Waals surface area contributed by atoms with Crippen molar-refractivity contribution in [2.24, 2.45) is 0 Å². The molecule has 0 N–H and O–H groups in total. The Bertz CT molecular complexity index is 561. The molecule has 3 nitrogen and oxygen atoms in total. The van der Waals surface area contributed by atoms with Crippen LogP contribution < -0.4 is 4.74 Å². The molecule has 0 aromatic heterocycles. The molecule has 2 aromatic rings. The Morgan fingerprint density at radius 3 is 2.05 bits per heavy atom. The summed E-state index contributed by atoms with van der Waals surface area (Å²) in [6.45, 7) is 2.04. The van der Waals surface area contributed by atoms with Crippen LogP contribution >= 0.6 is 11.8 Å². The van der Waals surface area contributed by atoms with Gasteiger partial charge in [-0.1, -0.05) is 24.3 Å². The van der Waals surface area contributed by atoms with E-state index >= 15 is 0 Å². The lowest BCUT2D eigenvalue weighted by atomic mass is 10.1. The zero-order valence-corrected chi connectivity index (χ0v) is 12.3. The molecule has 0 spiro atoms. The summed E-state index contributed by atoms with van der Waals surface area (Å²) in [5.41, 5.74) is 2.21. The minimum atomic E-state index is -0.676. The first-order valence-electron chi connectivity index (χ1n) is 6.32. The van der Waals surface area contributed by atoms with E-state index in [1.165, 1.54) is 4.90 Å². The van der Waals surface area contributed by atoms with Crippen LogP contribution in [0.5, 0.6) is 5.75 Å². The predicted molar refractivity (Wildman–Crippen MR) is 81.3 cm³/mol. The van der Waals surface area contributed by atoms with Crippen LogP contribution in [0.25, 0.3) is 11.1 Å². The van der Waals surface area contributed by atoms with E-state index in [1.54, 1.807) is 30.8 Å². The Morgan fingerprint density at radius 2 is 1.55 bits per heavy atom. The molecule has 104 valence electrons. The Kier molecular flexibility index (Phi) is 5.07. The Balaban J connectivity index is 2.08. The molecular formula is C16H16O3S. The van der Waals surface area contributed by atoms with Crippen molar-refractivity contribution in [1.29, 1.82) is 0 Å². The maximum atomic E-state index is 11.2. The van der Waals surface area contributed by atoms with Gasteiger partial charge in [-0.25, -0.2) is 4.79 Å². The molecule has 0 amide bonds. The van der Waals surface area contributed by atoms with Crippen LogP contribution in [-0.2, 0) is 4.74 Å². The van der Waals surface area contributed by atoms with Crippen LogP contribution in [0.2, 0.25) is 0 Å². The Hall–Kier alpha value is -1.94. The SMILES string of the molecule is CCOC(=O)Oc1ccc(-c2ccc(SC)cc2)cc1. The summed E-state index contributed by atoms with van der Waals surface area (Å²) in [7, 11) is 0. The topological polar surface area (TPSA) is 35.5 Å². The third kappa shape index (κ3) is 3.78. The number of rotatable bonds is 4. The van der Waals surface area contributed by atoms with Crippen molar-refractivity contribution in [3.8, 4) is 16.9 Å². The van der Waals surface area contributed by atoms with Gasteiger partial charge in [-0.05, 0) is 48.6 Å². The molecule has 0 radical (unpaired) electrons. The third-order valence-corrected chi connectivity index (χ3v) is 3.48. The second kappa shape index (κ2) is 7.01. The largest absolute Gasteiger partial charge is 0.513 e. The predicted octanol–water partition coefficient (Wildman–Crippen LogP) is 4.61. The smallest absolute Gasteiger partial charge is 0.434 e. The highest BCUT2D eigenvalue weighted by molar-refractivity contribution is 7.98. The van der Waals surface area contributed by atoms with Crippen molar-refractivity contribution < 1.29 is 14.3 Å². The van der Waals surface area contributed by atoms with E-state index in [-0.39, 0.29) is 0 Å². The van der Waals surface area contributed by atoms with Crippen LogP contribution in [0.4, 0.5) is 4.79 Å². The normalized spacial score (nSPS) is 10.1. The average Bonchev–Trinajstić information content (AvgIpc) is 2.48. The van der Waals surface area contributed by atoms with E-state index in [0.29, 0.717) is 12.4 Å². The summed E-state index contributed by atoms with van der Waals surface area (Å²) in [6, 6.07) is 15.7. The van der Waals surface area contributed by atoms with Gasteiger partial charge in [-0.2, -0.15) is 0 Å². The van der Waals surface area contributed by atoms with Crippen LogP contribution in [0, 0.1) is 0 Å². The lowest BCUT2D eigenvalue weighted by Gasteiger charge is -2.06. The van der Waals surface area contributed by atoms with Crippen molar-refractivity contribution in [1.82, 2.24) is 0 Å². The van der Waals surface area contributed by atoms with Crippen LogP contribution in [0.15, 0.2) is 53.4 Å². The highest BCUT2D eigenvalue weighted by atomic mass is 32.2. The van der Waals surface area contributed by atoms with Gasteiger partial charge in [-0.15, -0.1) is 11.8 Å². The summed E-state index contributed by atoms with van der Waals surface area (Å²) < 4.78 is 9.74. The molecule has 0 aliphatic rings. The fourth-order valence-electron chi connectivity index (χ4n) is 1.74. The van der Waals surface area contributed by atoms with Crippen molar-refractivity contribution in [2.45, 2.75) is 11.8 Å². The molecule has 0 unspecified atom stereocenters. The van der Waals surface area contributed by atoms with E-state index in [0.717, 1.165) is 11.1 Å². The van der Waals surface area contributed by atoms with Crippen molar-refractivity contribution >= 4 is 17.9 Å². The zero-order valence-electron chi connectivity index (χ0n) is 11.5. The molecule has 0 saturated heterocycles. The maximum absolute atomic E-state index is 11.2. The summed E-state index contributed by atoms with van der Waals surface area (Å²) in [6.07, 6.45) is 1.38. The molecule has 2 aromatic carbocycles. The molecule has 0 fully saturated rings. The van der Waals surface area contributed by atoms with Crippen LogP contribution in [0.1, 0.15) is 6.92 Å². The molecule has 20 heavy (non-hydrogen) atoms. The highest BCUT2D eigenvalue weighted by Gasteiger charge is 2.05. The first-order valence-corrected chi connectivity index (χ1v) is 7.54. The number of hydrogen-bond donors (Lipinski definition) is 0. The number of carbonyl (C=O) groups is 1.